The van der Waals surface area contributed by atoms with Gasteiger partial charge in [-0.1, -0.05) is 15.9 Å². The molecular weight excluding hydrogens is 298 g/mol. The van der Waals surface area contributed by atoms with Gasteiger partial charge in [0.1, 0.15) is 10.7 Å². The summed E-state index contributed by atoms with van der Waals surface area (Å²) in [6, 6.07) is 4.17. The third-order valence-electron chi connectivity index (χ3n) is 2.55. The molecule has 2 aromatic rings. The highest BCUT2D eigenvalue weighted by Crippen LogP contribution is 2.30. The number of ketones is 1. The summed E-state index contributed by atoms with van der Waals surface area (Å²) in [5, 5.41) is 2.71. The first-order chi connectivity index (χ1) is 7.99. The van der Waals surface area contributed by atoms with Crippen molar-refractivity contribution in [3.05, 3.63) is 38.8 Å². The van der Waals surface area contributed by atoms with Crippen LogP contribution in [-0.4, -0.2) is 10.8 Å². The van der Waals surface area contributed by atoms with Gasteiger partial charge in [-0.3, -0.25) is 4.79 Å². The predicted molar refractivity (Wildman–Crippen MR) is 74.7 cm³/mol. The number of carbonyl (C=O) groups excluding carboxylic acids is 1. The third kappa shape index (κ3) is 2.48. The summed E-state index contributed by atoms with van der Waals surface area (Å²) in [6.45, 7) is 5.65. The van der Waals surface area contributed by atoms with Crippen molar-refractivity contribution in [3.63, 3.8) is 0 Å². The standard InChI is InChI=1S/C13H12BrNOS/c1-7-4-10(5-8(2)12(7)14)13-15-11(6-17-13)9(3)16/h4-6H,1-3H3. The van der Waals surface area contributed by atoms with Crippen LogP contribution >= 0.6 is 27.3 Å². The maximum Gasteiger partial charge on any atom is 0.178 e. The van der Waals surface area contributed by atoms with Crippen molar-refractivity contribution in [2.45, 2.75) is 20.8 Å². The van der Waals surface area contributed by atoms with Crippen LogP contribution in [0.15, 0.2) is 22.0 Å². The van der Waals surface area contributed by atoms with E-state index in [1.54, 1.807) is 0 Å². The van der Waals surface area contributed by atoms with Crippen LogP contribution in [0.2, 0.25) is 0 Å². The predicted octanol–water partition coefficient (Wildman–Crippen LogP) is 4.39. The van der Waals surface area contributed by atoms with Crippen molar-refractivity contribution in [3.8, 4) is 10.6 Å². The van der Waals surface area contributed by atoms with Gasteiger partial charge in [0, 0.05) is 22.3 Å². The van der Waals surface area contributed by atoms with E-state index in [4.69, 9.17) is 0 Å². The molecule has 0 amide bonds. The fourth-order valence-electron chi connectivity index (χ4n) is 1.64. The van der Waals surface area contributed by atoms with Gasteiger partial charge in [0.15, 0.2) is 5.78 Å². The van der Waals surface area contributed by atoms with E-state index >= 15 is 0 Å². The number of nitrogens with zero attached hydrogens (tertiary/aromatic N) is 1. The molecule has 0 fully saturated rings. The smallest absolute Gasteiger partial charge is 0.178 e. The molecule has 88 valence electrons. The van der Waals surface area contributed by atoms with Gasteiger partial charge in [-0.15, -0.1) is 11.3 Å². The highest BCUT2D eigenvalue weighted by atomic mass is 79.9. The van der Waals surface area contributed by atoms with E-state index in [-0.39, 0.29) is 5.78 Å². The lowest BCUT2D eigenvalue weighted by Crippen LogP contribution is -1.91. The minimum atomic E-state index is 0.0121. The lowest BCUT2D eigenvalue weighted by atomic mass is 10.1. The van der Waals surface area contributed by atoms with Crippen LogP contribution in [0.3, 0.4) is 0 Å². The van der Waals surface area contributed by atoms with Gasteiger partial charge >= 0.3 is 0 Å². The Morgan fingerprint density at radius 1 is 1.29 bits per heavy atom. The number of Topliss-reactive ketones (excluding diaryl/α,β-unsaturated/α-hetero) is 1. The molecule has 2 nitrogen and oxygen atoms in total. The van der Waals surface area contributed by atoms with Crippen molar-refractivity contribution in [2.75, 3.05) is 0 Å². The van der Waals surface area contributed by atoms with Crippen LogP contribution in [-0.2, 0) is 0 Å². The first-order valence-electron chi connectivity index (χ1n) is 5.22. The minimum absolute atomic E-state index is 0.0121. The molecule has 17 heavy (non-hydrogen) atoms. The zero-order chi connectivity index (χ0) is 12.6. The molecule has 2 rings (SSSR count). The summed E-state index contributed by atoms with van der Waals surface area (Å²) in [6.07, 6.45) is 0. The second-order valence-electron chi connectivity index (χ2n) is 4.02. The number of benzene rings is 1. The zero-order valence-corrected chi connectivity index (χ0v) is 12.3. The Morgan fingerprint density at radius 2 is 1.88 bits per heavy atom. The van der Waals surface area contributed by atoms with E-state index in [0.29, 0.717) is 5.69 Å². The number of aromatic nitrogens is 1. The molecule has 0 saturated carbocycles. The molecule has 4 heteroatoms. The maximum atomic E-state index is 11.2. The molecule has 0 aliphatic rings. The molecule has 0 unspecified atom stereocenters. The Balaban J connectivity index is 2.49. The first kappa shape index (κ1) is 12.5. The number of rotatable bonds is 2. The summed E-state index contributed by atoms with van der Waals surface area (Å²) < 4.78 is 1.13. The molecule has 0 bridgehead atoms. The summed E-state index contributed by atoms with van der Waals surface area (Å²) in [5.41, 5.74) is 3.98. The lowest BCUT2D eigenvalue weighted by molar-refractivity contribution is 0.101. The van der Waals surface area contributed by atoms with Crippen LogP contribution in [0, 0.1) is 13.8 Å². The Kier molecular flexibility index (Phi) is 3.45. The van der Waals surface area contributed by atoms with E-state index < -0.39 is 0 Å². The average molecular weight is 310 g/mol. The molecule has 0 radical (unpaired) electrons. The highest BCUT2D eigenvalue weighted by Gasteiger charge is 2.10. The maximum absolute atomic E-state index is 11.2. The number of thiazole rings is 1. The highest BCUT2D eigenvalue weighted by molar-refractivity contribution is 9.10. The van der Waals surface area contributed by atoms with E-state index in [9.17, 15) is 4.79 Å². The molecule has 0 aliphatic heterocycles. The topological polar surface area (TPSA) is 30.0 Å². The second kappa shape index (κ2) is 4.70. The van der Waals surface area contributed by atoms with Crippen molar-refractivity contribution < 1.29 is 4.79 Å². The van der Waals surface area contributed by atoms with Gasteiger partial charge in [-0.2, -0.15) is 0 Å². The summed E-state index contributed by atoms with van der Waals surface area (Å²) in [5.74, 6) is 0.0121. The van der Waals surface area contributed by atoms with Crippen molar-refractivity contribution in [2.24, 2.45) is 0 Å². The van der Waals surface area contributed by atoms with Gasteiger partial charge < -0.3 is 0 Å². The number of carbonyl (C=O) groups is 1. The van der Waals surface area contributed by atoms with Gasteiger partial charge in [-0.05, 0) is 37.1 Å². The van der Waals surface area contributed by atoms with Crippen molar-refractivity contribution in [1.82, 2.24) is 4.98 Å². The quantitative estimate of drug-likeness (QED) is 0.770. The second-order valence-corrected chi connectivity index (χ2v) is 5.67. The number of halogens is 1. The molecular formula is C13H12BrNOS. The summed E-state index contributed by atoms with van der Waals surface area (Å²) in [4.78, 5) is 15.6. The molecule has 1 aromatic carbocycles. The van der Waals surface area contributed by atoms with E-state index in [0.717, 1.165) is 15.0 Å². The molecule has 0 saturated heterocycles. The third-order valence-corrected chi connectivity index (χ3v) is 4.69. The van der Waals surface area contributed by atoms with Gasteiger partial charge in [0.2, 0.25) is 0 Å². The number of aryl methyl sites for hydroxylation is 2. The lowest BCUT2D eigenvalue weighted by Gasteiger charge is -2.05. The van der Waals surface area contributed by atoms with Crippen LogP contribution in [0.25, 0.3) is 10.6 Å². The van der Waals surface area contributed by atoms with Crippen LogP contribution < -0.4 is 0 Å². The Hall–Kier alpha value is -1.00. The zero-order valence-electron chi connectivity index (χ0n) is 9.87. The first-order valence-corrected chi connectivity index (χ1v) is 6.90. The number of hydrogen-bond acceptors (Lipinski definition) is 3. The molecule has 0 N–H and O–H groups in total. The van der Waals surface area contributed by atoms with Crippen molar-refractivity contribution in [1.29, 1.82) is 0 Å². The monoisotopic (exact) mass is 309 g/mol. The average Bonchev–Trinajstić information content (AvgIpc) is 2.74. The van der Waals surface area contributed by atoms with E-state index in [1.807, 2.05) is 5.38 Å². The molecule has 0 aliphatic carbocycles. The summed E-state index contributed by atoms with van der Waals surface area (Å²) in [7, 11) is 0. The van der Waals surface area contributed by atoms with Crippen LogP contribution in [0.1, 0.15) is 28.5 Å². The molecule has 0 spiro atoms. The van der Waals surface area contributed by atoms with Crippen LogP contribution in [0.4, 0.5) is 0 Å². The summed E-state index contributed by atoms with van der Waals surface area (Å²) >= 11 is 5.05. The Morgan fingerprint density at radius 3 is 2.35 bits per heavy atom. The number of hydrogen-bond donors (Lipinski definition) is 0. The van der Waals surface area contributed by atoms with E-state index in [1.165, 1.54) is 29.4 Å². The Bertz CT molecular complexity index is 566. The molecule has 0 atom stereocenters. The van der Waals surface area contributed by atoms with Gasteiger partial charge in [0.25, 0.3) is 0 Å². The van der Waals surface area contributed by atoms with Crippen LogP contribution in [0.5, 0.6) is 0 Å². The van der Waals surface area contributed by atoms with Gasteiger partial charge in [-0.25, -0.2) is 4.98 Å². The normalized spacial score (nSPS) is 10.6. The molecule has 1 aromatic heterocycles. The fraction of sp³-hybridized carbons (Fsp3) is 0.231. The van der Waals surface area contributed by atoms with E-state index in [2.05, 4.69) is 46.9 Å². The largest absolute Gasteiger partial charge is 0.293 e. The molecule has 1 heterocycles. The van der Waals surface area contributed by atoms with Gasteiger partial charge in [0.05, 0.1) is 0 Å². The van der Waals surface area contributed by atoms with Crippen molar-refractivity contribution >= 4 is 33.0 Å². The Labute approximate surface area is 113 Å². The minimum Gasteiger partial charge on any atom is -0.293 e. The SMILES string of the molecule is CC(=O)c1csc(-c2cc(C)c(Br)c(C)c2)n1. The fourth-order valence-corrected chi connectivity index (χ4v) is 2.71.